The lowest BCUT2D eigenvalue weighted by atomic mass is 9.75. The summed E-state index contributed by atoms with van der Waals surface area (Å²) in [5.41, 5.74) is 13.7. The van der Waals surface area contributed by atoms with Crippen LogP contribution in [0.15, 0.2) is 79.5 Å². The Morgan fingerprint density at radius 2 is 1.71 bits per heavy atom. The second-order valence-electron chi connectivity index (χ2n) is 13.8. The summed E-state index contributed by atoms with van der Waals surface area (Å²) in [5, 5.41) is 0. The lowest BCUT2D eigenvalue weighted by Crippen LogP contribution is -2.33. The topological polar surface area (TPSA) is 67.6 Å². The Bertz CT molecular complexity index is 997. The minimum Gasteiger partial charge on any atom is -0.405 e. The molecular weight excluding hydrogens is 533 g/mol. The number of allylic oxidation sites excluding steroid dienone is 2. The molecule has 2 saturated carbocycles. The van der Waals surface area contributed by atoms with Crippen LogP contribution in [-0.4, -0.2) is 30.2 Å². The van der Waals surface area contributed by atoms with Gasteiger partial charge in [0.25, 0.3) is 0 Å². The van der Waals surface area contributed by atoms with Gasteiger partial charge in [0.05, 0.1) is 5.71 Å². The summed E-state index contributed by atoms with van der Waals surface area (Å²) in [6.07, 6.45) is 17.6. The molecule has 5 atom stereocenters. The van der Waals surface area contributed by atoms with Crippen molar-refractivity contribution < 1.29 is 0 Å². The predicted molar refractivity (Wildman–Crippen MR) is 191 cm³/mol. The Morgan fingerprint density at radius 1 is 1.12 bits per heavy atom. The van der Waals surface area contributed by atoms with E-state index in [1.807, 2.05) is 0 Å². The molecule has 4 N–H and O–H groups in total. The summed E-state index contributed by atoms with van der Waals surface area (Å²) < 4.78 is 4.30. The van der Waals surface area contributed by atoms with Crippen molar-refractivity contribution in [2.75, 3.05) is 13.6 Å². The van der Waals surface area contributed by atoms with E-state index in [1.165, 1.54) is 68.5 Å². The highest BCUT2D eigenvalue weighted by Crippen LogP contribution is 2.59. The summed E-state index contributed by atoms with van der Waals surface area (Å²) in [6, 6.07) is 9.26. The van der Waals surface area contributed by atoms with Crippen molar-refractivity contribution in [3.8, 4) is 0 Å². The minimum absolute atomic E-state index is 0.407. The molecule has 1 aromatic carbocycles. The third-order valence-electron chi connectivity index (χ3n) is 9.44. The molecule has 0 amide bonds. The Balaban J connectivity index is 0.000000392. The van der Waals surface area contributed by atoms with E-state index < -0.39 is 0 Å². The van der Waals surface area contributed by atoms with Gasteiger partial charge in [0, 0.05) is 12.6 Å². The number of benzene rings is 1. The molecule has 1 aliphatic heterocycles. The molecule has 42 heavy (non-hydrogen) atoms. The van der Waals surface area contributed by atoms with Crippen molar-refractivity contribution in [3.63, 3.8) is 0 Å². The van der Waals surface area contributed by atoms with E-state index in [4.69, 9.17) is 0 Å². The van der Waals surface area contributed by atoms with E-state index in [1.54, 1.807) is 0 Å². The Morgan fingerprint density at radius 3 is 2.17 bits per heavy atom. The molecule has 4 nitrogen and oxygen atoms in total. The highest BCUT2D eigenvalue weighted by atomic mass is 32.1. The summed E-state index contributed by atoms with van der Waals surface area (Å²) in [5.74, 6) is 3.06. The standard InChI is InChI=1S/C20H28N2S.C13H24.2C2H5N/c1-5-17-12-20(17,3)19-11-15(13-22(19)4)10-18(21-23)16-8-6-7-14(2)9-16;1-5-12(13(2,3)4)10-11-8-6-7-9-11;2*1-2-3/h5-9,15,17,19,23H,1,10-13H2,2-4H3;5,11-12H,1,6-10H2,2-4H3;2*2H,1,3H2/b21-18+;;;. The average molecular weight is 595 g/mol. The number of aryl methyl sites for hydroxylation is 1. The van der Waals surface area contributed by atoms with Crippen molar-refractivity contribution in [1.82, 2.24) is 4.90 Å². The Kier molecular flexibility index (Phi) is 16.6. The predicted octanol–water partition coefficient (Wildman–Crippen LogP) is 9.14. The zero-order chi connectivity index (χ0) is 31.9. The van der Waals surface area contributed by atoms with E-state index in [0.29, 0.717) is 34.6 Å². The molecule has 3 fully saturated rings. The Hall–Kier alpha value is -2.24. The van der Waals surface area contributed by atoms with Crippen LogP contribution in [-0.2, 0) is 0 Å². The quantitative estimate of drug-likeness (QED) is 0.160. The molecule has 4 rings (SSSR count). The van der Waals surface area contributed by atoms with Gasteiger partial charge in [-0.05, 0) is 105 Å². The monoisotopic (exact) mass is 594 g/mol. The van der Waals surface area contributed by atoms with Crippen molar-refractivity contribution >= 4 is 18.5 Å². The van der Waals surface area contributed by atoms with Crippen molar-refractivity contribution in [2.24, 2.45) is 50.4 Å². The van der Waals surface area contributed by atoms with Gasteiger partial charge in [0.15, 0.2) is 0 Å². The molecule has 0 bridgehead atoms. The number of nitrogens with two attached hydrogens (primary N) is 2. The lowest BCUT2D eigenvalue weighted by Gasteiger charge is -2.30. The molecule has 2 aliphatic carbocycles. The van der Waals surface area contributed by atoms with Crippen LogP contribution >= 0.6 is 12.8 Å². The van der Waals surface area contributed by atoms with Crippen LogP contribution in [0.5, 0.6) is 0 Å². The summed E-state index contributed by atoms with van der Waals surface area (Å²) in [4.78, 5) is 2.56. The van der Waals surface area contributed by atoms with Crippen LogP contribution < -0.4 is 11.5 Å². The molecular formula is C37H62N4S. The number of nitrogens with zero attached hydrogens (tertiary/aromatic N) is 2. The van der Waals surface area contributed by atoms with Crippen LogP contribution in [0, 0.1) is 41.4 Å². The SMILES string of the molecule is C=CC(CC1CCCC1)C(C)(C)C.C=CC1CC1(C)C1CC(C/C(=N\S)c2cccc(C)c2)CN1C.C=CN.C=CN. The summed E-state index contributed by atoms with van der Waals surface area (Å²) >= 11 is 4.24. The van der Waals surface area contributed by atoms with Crippen molar-refractivity contribution in [2.45, 2.75) is 92.0 Å². The number of hydrogen-bond donors (Lipinski definition) is 3. The molecule has 0 radical (unpaired) electrons. The molecule has 5 unspecified atom stereocenters. The van der Waals surface area contributed by atoms with Gasteiger partial charge in [-0.15, -0.1) is 13.2 Å². The summed E-state index contributed by atoms with van der Waals surface area (Å²) in [7, 11) is 2.28. The first kappa shape index (κ1) is 37.8. The molecule has 5 heteroatoms. The molecule has 1 saturated heterocycles. The van der Waals surface area contributed by atoms with E-state index in [0.717, 1.165) is 24.6 Å². The van der Waals surface area contributed by atoms with Gasteiger partial charge >= 0.3 is 0 Å². The van der Waals surface area contributed by atoms with Gasteiger partial charge in [-0.1, -0.05) is 109 Å². The largest absolute Gasteiger partial charge is 0.405 e. The third kappa shape index (κ3) is 11.8. The van der Waals surface area contributed by atoms with Gasteiger partial charge in [0.2, 0.25) is 0 Å². The fourth-order valence-electron chi connectivity index (χ4n) is 6.90. The number of rotatable bonds is 8. The normalized spacial score (nSPS) is 26.3. The van der Waals surface area contributed by atoms with Crippen LogP contribution in [0.4, 0.5) is 0 Å². The van der Waals surface area contributed by atoms with Crippen molar-refractivity contribution in [1.29, 1.82) is 0 Å². The summed E-state index contributed by atoms with van der Waals surface area (Å²) in [6.45, 7) is 26.9. The highest BCUT2D eigenvalue weighted by Gasteiger charge is 2.56. The number of likely N-dealkylation sites (tertiary alicyclic amines) is 1. The zero-order valence-corrected chi connectivity index (χ0v) is 28.6. The van der Waals surface area contributed by atoms with E-state index in [-0.39, 0.29) is 0 Å². The molecule has 0 aromatic heterocycles. The van der Waals surface area contributed by atoms with Gasteiger partial charge in [-0.25, -0.2) is 4.40 Å². The maximum absolute atomic E-state index is 4.61. The maximum Gasteiger partial charge on any atom is 0.0559 e. The smallest absolute Gasteiger partial charge is 0.0559 e. The minimum atomic E-state index is 0.407. The second kappa shape index (κ2) is 18.4. The molecule has 236 valence electrons. The van der Waals surface area contributed by atoms with Crippen LogP contribution in [0.1, 0.15) is 90.2 Å². The lowest BCUT2D eigenvalue weighted by molar-refractivity contribution is 0.215. The maximum atomic E-state index is 4.61. The highest BCUT2D eigenvalue weighted by molar-refractivity contribution is 7.79. The fourth-order valence-corrected chi connectivity index (χ4v) is 7.10. The van der Waals surface area contributed by atoms with E-state index in [2.05, 4.69) is 138 Å². The van der Waals surface area contributed by atoms with Crippen LogP contribution in [0.3, 0.4) is 0 Å². The first-order valence-corrected chi connectivity index (χ1v) is 16.1. The van der Waals surface area contributed by atoms with Gasteiger partial charge in [-0.2, -0.15) is 0 Å². The molecule has 1 aromatic rings. The van der Waals surface area contributed by atoms with Crippen LogP contribution in [0.25, 0.3) is 0 Å². The Labute approximate surface area is 265 Å². The van der Waals surface area contributed by atoms with E-state index >= 15 is 0 Å². The second-order valence-corrected chi connectivity index (χ2v) is 14.0. The fraction of sp³-hybridized carbons (Fsp3) is 0.595. The van der Waals surface area contributed by atoms with Gasteiger partial charge < -0.3 is 16.4 Å². The first-order chi connectivity index (χ1) is 19.8. The van der Waals surface area contributed by atoms with Crippen LogP contribution in [0.2, 0.25) is 0 Å². The zero-order valence-electron chi connectivity index (χ0n) is 27.7. The molecule has 0 spiro atoms. The molecule has 3 aliphatic rings. The number of thiol groups is 1. The van der Waals surface area contributed by atoms with Gasteiger partial charge in [0.1, 0.15) is 0 Å². The van der Waals surface area contributed by atoms with Crippen molar-refractivity contribution in [3.05, 3.63) is 86.3 Å². The average Bonchev–Trinajstić information content (AvgIpc) is 3.23. The first-order valence-electron chi connectivity index (χ1n) is 15.7. The molecule has 1 heterocycles. The third-order valence-corrected chi connectivity index (χ3v) is 9.68. The number of hydrogen-bond acceptors (Lipinski definition) is 5. The van der Waals surface area contributed by atoms with Gasteiger partial charge in [-0.3, -0.25) is 0 Å². The van der Waals surface area contributed by atoms with E-state index in [9.17, 15) is 0 Å².